The summed E-state index contributed by atoms with van der Waals surface area (Å²) in [7, 11) is 1.64. The summed E-state index contributed by atoms with van der Waals surface area (Å²) in [5.41, 5.74) is 1.57. The highest BCUT2D eigenvalue weighted by atomic mass is 16.6. The molecule has 0 aliphatic heterocycles. The molecule has 1 amide bonds. The van der Waals surface area contributed by atoms with Crippen molar-refractivity contribution in [3.8, 4) is 5.75 Å². The zero-order valence-electron chi connectivity index (χ0n) is 14.8. The van der Waals surface area contributed by atoms with Crippen molar-refractivity contribution in [2.24, 2.45) is 0 Å². The Morgan fingerprint density at radius 3 is 1.96 bits per heavy atom. The molecule has 24 heavy (non-hydrogen) atoms. The van der Waals surface area contributed by atoms with E-state index in [0.29, 0.717) is 13.1 Å². The Labute approximate surface area is 144 Å². The van der Waals surface area contributed by atoms with Crippen LogP contribution < -0.4 is 4.74 Å². The van der Waals surface area contributed by atoms with Crippen molar-refractivity contribution in [1.29, 1.82) is 0 Å². The van der Waals surface area contributed by atoms with E-state index in [1.165, 1.54) is 0 Å². The van der Waals surface area contributed by atoms with Crippen LogP contribution in [0.25, 0.3) is 0 Å². The maximum atomic E-state index is 12.6. The van der Waals surface area contributed by atoms with E-state index in [1.807, 2.05) is 75.4 Å². The first-order valence-corrected chi connectivity index (χ1v) is 8.02. The molecule has 0 aromatic heterocycles. The quantitative estimate of drug-likeness (QED) is 0.803. The topological polar surface area (TPSA) is 38.8 Å². The van der Waals surface area contributed by atoms with Gasteiger partial charge in [0, 0.05) is 13.1 Å². The molecule has 0 saturated carbocycles. The number of ether oxygens (including phenoxy) is 2. The maximum absolute atomic E-state index is 12.6. The van der Waals surface area contributed by atoms with Gasteiger partial charge >= 0.3 is 6.09 Å². The fraction of sp³-hybridized carbons (Fsp3) is 0.350. The number of nitrogens with zero attached hydrogens (tertiary/aromatic N) is 1. The van der Waals surface area contributed by atoms with Gasteiger partial charge < -0.3 is 9.47 Å². The number of benzene rings is 2. The van der Waals surface area contributed by atoms with Gasteiger partial charge in [0.25, 0.3) is 0 Å². The molecule has 4 heteroatoms. The first kappa shape index (κ1) is 17.9. The normalized spacial score (nSPS) is 11.0. The third kappa shape index (κ3) is 5.61. The predicted molar refractivity (Wildman–Crippen MR) is 94.9 cm³/mol. The minimum absolute atomic E-state index is 0.317. The summed E-state index contributed by atoms with van der Waals surface area (Å²) in [5.74, 6) is 0.797. The van der Waals surface area contributed by atoms with E-state index in [-0.39, 0.29) is 6.09 Å². The highest BCUT2D eigenvalue weighted by Crippen LogP contribution is 2.17. The van der Waals surface area contributed by atoms with E-state index in [0.717, 1.165) is 16.9 Å². The second kappa shape index (κ2) is 7.86. The van der Waals surface area contributed by atoms with Crippen LogP contribution in [0.4, 0.5) is 4.79 Å². The zero-order chi connectivity index (χ0) is 17.6. The van der Waals surface area contributed by atoms with Gasteiger partial charge in [-0.3, -0.25) is 4.90 Å². The summed E-state index contributed by atoms with van der Waals surface area (Å²) >= 11 is 0. The van der Waals surface area contributed by atoms with Crippen molar-refractivity contribution >= 4 is 6.09 Å². The molecule has 0 bridgehead atoms. The van der Waals surface area contributed by atoms with Crippen LogP contribution in [0.2, 0.25) is 0 Å². The molecule has 0 unspecified atom stereocenters. The highest BCUT2D eigenvalue weighted by Gasteiger charge is 2.22. The van der Waals surface area contributed by atoms with Crippen LogP contribution in [-0.2, 0) is 17.8 Å². The van der Waals surface area contributed by atoms with Gasteiger partial charge in [-0.05, 0) is 44.0 Å². The van der Waals surface area contributed by atoms with Gasteiger partial charge in [-0.2, -0.15) is 0 Å². The second-order valence-electron chi connectivity index (χ2n) is 6.67. The summed E-state index contributed by atoms with van der Waals surface area (Å²) in [4.78, 5) is 14.3. The van der Waals surface area contributed by atoms with Crippen molar-refractivity contribution in [2.45, 2.75) is 39.5 Å². The Morgan fingerprint density at radius 1 is 0.917 bits per heavy atom. The third-order valence-electron chi connectivity index (χ3n) is 3.40. The zero-order valence-corrected chi connectivity index (χ0v) is 14.8. The van der Waals surface area contributed by atoms with Crippen molar-refractivity contribution in [3.05, 3.63) is 65.7 Å². The molecule has 0 N–H and O–H groups in total. The Hall–Kier alpha value is -2.49. The predicted octanol–water partition coefficient (Wildman–Crippen LogP) is 4.63. The number of carbonyl (C=O) groups excluding carboxylic acids is 1. The number of methoxy groups -OCH3 is 1. The Balaban J connectivity index is 2.16. The SMILES string of the molecule is COc1ccc(CN(Cc2ccccc2)C(=O)OC(C)(C)C)cc1. The summed E-state index contributed by atoms with van der Waals surface area (Å²) in [6, 6.07) is 17.6. The first-order valence-electron chi connectivity index (χ1n) is 8.02. The molecule has 2 aromatic carbocycles. The Kier molecular flexibility index (Phi) is 5.85. The second-order valence-corrected chi connectivity index (χ2v) is 6.67. The largest absolute Gasteiger partial charge is 0.497 e. The van der Waals surface area contributed by atoms with E-state index >= 15 is 0 Å². The molecule has 2 rings (SSSR count). The van der Waals surface area contributed by atoms with Crippen molar-refractivity contribution in [3.63, 3.8) is 0 Å². The van der Waals surface area contributed by atoms with Crippen molar-refractivity contribution in [2.75, 3.05) is 7.11 Å². The van der Waals surface area contributed by atoms with Gasteiger partial charge in [-0.1, -0.05) is 42.5 Å². The number of carbonyl (C=O) groups is 1. The van der Waals surface area contributed by atoms with Crippen LogP contribution in [0.15, 0.2) is 54.6 Å². The highest BCUT2D eigenvalue weighted by molar-refractivity contribution is 5.68. The molecule has 0 spiro atoms. The van der Waals surface area contributed by atoms with Crippen LogP contribution >= 0.6 is 0 Å². The molecular weight excluding hydrogens is 302 g/mol. The Morgan fingerprint density at radius 2 is 1.46 bits per heavy atom. The van der Waals surface area contributed by atoms with Gasteiger partial charge in [0.1, 0.15) is 11.4 Å². The van der Waals surface area contributed by atoms with Crippen LogP contribution in [0.5, 0.6) is 5.75 Å². The monoisotopic (exact) mass is 327 g/mol. The third-order valence-corrected chi connectivity index (χ3v) is 3.40. The number of hydrogen-bond acceptors (Lipinski definition) is 3. The van der Waals surface area contributed by atoms with Gasteiger partial charge in [-0.15, -0.1) is 0 Å². The van der Waals surface area contributed by atoms with E-state index in [2.05, 4.69) is 0 Å². The van der Waals surface area contributed by atoms with Crippen LogP contribution in [0.1, 0.15) is 31.9 Å². The van der Waals surface area contributed by atoms with E-state index < -0.39 is 5.60 Å². The fourth-order valence-corrected chi connectivity index (χ4v) is 2.27. The molecule has 2 aromatic rings. The lowest BCUT2D eigenvalue weighted by atomic mass is 10.1. The summed E-state index contributed by atoms with van der Waals surface area (Å²) in [6.45, 7) is 6.60. The minimum atomic E-state index is -0.522. The molecule has 0 atom stereocenters. The van der Waals surface area contributed by atoms with Gasteiger partial charge in [0.15, 0.2) is 0 Å². The molecule has 4 nitrogen and oxygen atoms in total. The summed E-state index contributed by atoms with van der Waals surface area (Å²) in [6.07, 6.45) is -0.317. The van der Waals surface area contributed by atoms with Crippen molar-refractivity contribution < 1.29 is 14.3 Å². The molecule has 0 heterocycles. The average molecular weight is 327 g/mol. The lowest BCUT2D eigenvalue weighted by Crippen LogP contribution is -2.36. The number of amides is 1. The lowest BCUT2D eigenvalue weighted by molar-refractivity contribution is 0.0216. The molecular formula is C20H25NO3. The van der Waals surface area contributed by atoms with E-state index in [4.69, 9.17) is 9.47 Å². The molecule has 0 radical (unpaired) electrons. The van der Waals surface area contributed by atoms with Gasteiger partial charge in [0.2, 0.25) is 0 Å². The van der Waals surface area contributed by atoms with E-state index in [1.54, 1.807) is 12.0 Å². The average Bonchev–Trinajstić information content (AvgIpc) is 2.54. The lowest BCUT2D eigenvalue weighted by Gasteiger charge is -2.27. The smallest absolute Gasteiger partial charge is 0.410 e. The van der Waals surface area contributed by atoms with Crippen LogP contribution in [0, 0.1) is 0 Å². The maximum Gasteiger partial charge on any atom is 0.410 e. The molecule has 128 valence electrons. The van der Waals surface area contributed by atoms with Crippen LogP contribution in [0.3, 0.4) is 0 Å². The Bertz CT molecular complexity index is 645. The molecule has 0 fully saturated rings. The number of rotatable bonds is 5. The summed E-state index contributed by atoms with van der Waals surface area (Å²) < 4.78 is 10.7. The standard InChI is InChI=1S/C20H25NO3/c1-20(2,3)24-19(22)21(14-16-8-6-5-7-9-16)15-17-10-12-18(23-4)13-11-17/h5-13H,14-15H2,1-4H3. The minimum Gasteiger partial charge on any atom is -0.497 e. The van der Waals surface area contributed by atoms with Crippen LogP contribution in [-0.4, -0.2) is 23.7 Å². The van der Waals surface area contributed by atoms with Gasteiger partial charge in [0.05, 0.1) is 7.11 Å². The van der Waals surface area contributed by atoms with Crippen molar-refractivity contribution in [1.82, 2.24) is 4.90 Å². The number of hydrogen-bond donors (Lipinski definition) is 0. The first-order chi connectivity index (χ1) is 11.4. The molecule has 0 aliphatic rings. The van der Waals surface area contributed by atoms with Gasteiger partial charge in [-0.25, -0.2) is 4.79 Å². The molecule has 0 saturated heterocycles. The fourth-order valence-electron chi connectivity index (χ4n) is 2.27. The summed E-state index contributed by atoms with van der Waals surface area (Å²) in [5, 5.41) is 0. The molecule has 0 aliphatic carbocycles. The van der Waals surface area contributed by atoms with E-state index in [9.17, 15) is 4.79 Å².